The number of hydrogen-bond donors (Lipinski definition) is 0. The van der Waals surface area contributed by atoms with Crippen LogP contribution in [0.5, 0.6) is 0 Å². The van der Waals surface area contributed by atoms with E-state index in [-0.39, 0.29) is 11.1 Å². The number of halogens is 3. The number of thiazole rings is 1. The number of hydrogen-bond acceptors (Lipinski definition) is 6. The summed E-state index contributed by atoms with van der Waals surface area (Å²) in [6.45, 7) is -0.638. The number of Topliss-reactive ketones (excluding diaryl/α,β-unsaturated/α-hetero) is 1. The highest BCUT2D eigenvalue weighted by Crippen LogP contribution is 2.29. The van der Waals surface area contributed by atoms with Gasteiger partial charge in [0, 0.05) is 21.6 Å². The van der Waals surface area contributed by atoms with Crippen LogP contribution in [0.4, 0.5) is 13.2 Å². The van der Waals surface area contributed by atoms with Gasteiger partial charge in [-0.15, -0.1) is 23.1 Å². The smallest absolute Gasteiger partial charge is 0.416 e. The van der Waals surface area contributed by atoms with Crippen LogP contribution in [0.25, 0.3) is 0 Å². The number of carbonyl (C=O) groups is 2. The number of esters is 1. The van der Waals surface area contributed by atoms with Crippen molar-refractivity contribution in [3.8, 4) is 0 Å². The Bertz CT molecular complexity index is 987. The highest BCUT2D eigenvalue weighted by Gasteiger charge is 2.30. The molecule has 1 heterocycles. The van der Waals surface area contributed by atoms with Crippen LogP contribution < -0.4 is 0 Å². The van der Waals surface area contributed by atoms with Gasteiger partial charge in [0.25, 0.3) is 0 Å². The van der Waals surface area contributed by atoms with Crippen LogP contribution in [0.1, 0.15) is 32.0 Å². The Morgan fingerprint density at radius 1 is 1.07 bits per heavy atom. The average Bonchev–Trinajstić information content (AvgIpc) is 3.24. The molecule has 0 radical (unpaired) electrons. The summed E-state index contributed by atoms with van der Waals surface area (Å²) in [6.07, 6.45) is -4.55. The fourth-order valence-corrected chi connectivity index (χ4v) is 3.78. The number of alkyl halides is 3. The number of benzene rings is 2. The third kappa shape index (κ3) is 5.91. The quantitative estimate of drug-likeness (QED) is 0.278. The second-order valence-electron chi connectivity index (χ2n) is 5.87. The second-order valence-corrected chi connectivity index (χ2v) is 7.64. The number of thioether (sulfide) groups is 1. The van der Waals surface area contributed by atoms with Crippen LogP contribution >= 0.6 is 23.1 Å². The maximum Gasteiger partial charge on any atom is 0.416 e. The zero-order valence-electron chi connectivity index (χ0n) is 14.8. The molecule has 0 aliphatic rings. The number of ketones is 1. The van der Waals surface area contributed by atoms with E-state index in [4.69, 9.17) is 4.74 Å². The van der Waals surface area contributed by atoms with E-state index >= 15 is 0 Å². The van der Waals surface area contributed by atoms with Crippen LogP contribution in [0.15, 0.2) is 64.3 Å². The Kier molecular flexibility index (Phi) is 6.71. The number of carbonyl (C=O) groups excluding carboxylic acids is 2. The van der Waals surface area contributed by atoms with Crippen LogP contribution in [0, 0.1) is 0 Å². The summed E-state index contributed by atoms with van der Waals surface area (Å²) in [4.78, 5) is 29.3. The van der Waals surface area contributed by atoms with Crippen molar-refractivity contribution in [2.45, 2.75) is 16.8 Å². The maximum absolute atomic E-state index is 12.7. The number of nitrogens with zero attached hydrogens (tertiary/aromatic N) is 1. The number of aromatic nitrogens is 1. The highest BCUT2D eigenvalue weighted by molar-refractivity contribution is 7.98. The van der Waals surface area contributed by atoms with Gasteiger partial charge < -0.3 is 4.74 Å². The third-order valence-electron chi connectivity index (χ3n) is 3.81. The van der Waals surface area contributed by atoms with Gasteiger partial charge in [0.1, 0.15) is 0 Å². The van der Waals surface area contributed by atoms with Gasteiger partial charge in [0.2, 0.25) is 0 Å². The summed E-state index contributed by atoms with van der Waals surface area (Å²) >= 11 is 3.08. The predicted molar refractivity (Wildman–Crippen MR) is 104 cm³/mol. The predicted octanol–water partition coefficient (Wildman–Crippen LogP) is 5.49. The standard InChI is InChI=1S/C20H14F3NO3S2/c21-20(22,23)15-3-1-2-14(8-15)18(25)9-27-19(26)13-4-6-17(7-5-13)29-11-16-10-28-12-24-16/h1-8,10,12H,9,11H2. The van der Waals surface area contributed by atoms with Crippen molar-refractivity contribution in [1.82, 2.24) is 4.98 Å². The Balaban J connectivity index is 1.54. The summed E-state index contributed by atoms with van der Waals surface area (Å²) < 4.78 is 43.1. The van der Waals surface area contributed by atoms with Gasteiger partial charge >= 0.3 is 12.1 Å². The van der Waals surface area contributed by atoms with E-state index in [1.54, 1.807) is 41.5 Å². The van der Waals surface area contributed by atoms with Gasteiger partial charge in [-0.1, -0.05) is 12.1 Å². The molecule has 0 aliphatic heterocycles. The first-order chi connectivity index (χ1) is 13.8. The molecule has 0 N–H and O–H groups in total. The molecule has 1 aromatic heterocycles. The van der Waals surface area contributed by atoms with Crippen molar-refractivity contribution in [1.29, 1.82) is 0 Å². The van der Waals surface area contributed by atoms with Gasteiger partial charge in [0.05, 0.1) is 22.3 Å². The van der Waals surface area contributed by atoms with Crippen molar-refractivity contribution >= 4 is 34.9 Å². The first-order valence-corrected chi connectivity index (χ1v) is 10.2. The third-order valence-corrected chi connectivity index (χ3v) is 5.49. The zero-order valence-corrected chi connectivity index (χ0v) is 16.4. The molecular weight excluding hydrogens is 423 g/mol. The lowest BCUT2D eigenvalue weighted by molar-refractivity contribution is -0.137. The van der Waals surface area contributed by atoms with Crippen LogP contribution in [0.2, 0.25) is 0 Å². The molecule has 0 bridgehead atoms. The molecule has 0 amide bonds. The lowest BCUT2D eigenvalue weighted by atomic mass is 10.1. The van der Waals surface area contributed by atoms with E-state index in [0.717, 1.165) is 28.8 Å². The van der Waals surface area contributed by atoms with E-state index in [1.807, 2.05) is 5.38 Å². The van der Waals surface area contributed by atoms with Gasteiger partial charge in [0.15, 0.2) is 12.4 Å². The second kappa shape index (κ2) is 9.23. The molecule has 29 heavy (non-hydrogen) atoms. The summed E-state index contributed by atoms with van der Waals surface area (Å²) in [5.41, 5.74) is 1.88. The molecule has 0 spiro atoms. The van der Waals surface area contributed by atoms with Gasteiger partial charge in [-0.3, -0.25) is 4.79 Å². The summed E-state index contributed by atoms with van der Waals surface area (Å²) in [6, 6.07) is 10.6. The number of ether oxygens (including phenoxy) is 1. The summed E-state index contributed by atoms with van der Waals surface area (Å²) in [5.74, 6) is -0.722. The molecule has 2 aromatic carbocycles. The van der Waals surface area contributed by atoms with Gasteiger partial charge in [-0.2, -0.15) is 13.2 Å². The molecule has 9 heteroatoms. The SMILES string of the molecule is O=C(COC(=O)c1ccc(SCc2cscn2)cc1)c1cccc(C(F)(F)F)c1. The number of rotatable bonds is 7. The van der Waals surface area contributed by atoms with Crippen molar-refractivity contribution in [3.63, 3.8) is 0 Å². The molecule has 3 rings (SSSR count). The van der Waals surface area contributed by atoms with E-state index < -0.39 is 30.1 Å². The Morgan fingerprint density at radius 2 is 1.83 bits per heavy atom. The molecule has 0 unspecified atom stereocenters. The topological polar surface area (TPSA) is 56.3 Å². The minimum Gasteiger partial charge on any atom is -0.454 e. The van der Waals surface area contributed by atoms with Crippen LogP contribution in [0.3, 0.4) is 0 Å². The van der Waals surface area contributed by atoms with E-state index in [2.05, 4.69) is 4.98 Å². The monoisotopic (exact) mass is 437 g/mol. The first-order valence-electron chi connectivity index (χ1n) is 8.30. The van der Waals surface area contributed by atoms with E-state index in [0.29, 0.717) is 5.75 Å². The van der Waals surface area contributed by atoms with Crippen LogP contribution in [-0.4, -0.2) is 23.3 Å². The fraction of sp³-hybridized carbons (Fsp3) is 0.150. The molecule has 0 atom stereocenters. The summed E-state index contributed by atoms with van der Waals surface area (Å²) in [5, 5.41) is 1.96. The Morgan fingerprint density at radius 3 is 2.48 bits per heavy atom. The van der Waals surface area contributed by atoms with Crippen molar-refractivity contribution in [3.05, 3.63) is 81.8 Å². The summed E-state index contributed by atoms with van der Waals surface area (Å²) in [7, 11) is 0. The molecule has 4 nitrogen and oxygen atoms in total. The molecule has 3 aromatic rings. The van der Waals surface area contributed by atoms with Crippen molar-refractivity contribution < 1.29 is 27.5 Å². The molecule has 150 valence electrons. The largest absolute Gasteiger partial charge is 0.454 e. The average molecular weight is 437 g/mol. The van der Waals surface area contributed by atoms with Crippen molar-refractivity contribution in [2.24, 2.45) is 0 Å². The maximum atomic E-state index is 12.7. The molecular formula is C20H14F3NO3S2. The highest BCUT2D eigenvalue weighted by atomic mass is 32.2. The van der Waals surface area contributed by atoms with E-state index in [9.17, 15) is 22.8 Å². The minimum atomic E-state index is -4.55. The lowest BCUT2D eigenvalue weighted by Crippen LogP contribution is -2.15. The Labute approximate surface area is 172 Å². The minimum absolute atomic E-state index is 0.165. The molecule has 0 saturated carbocycles. The molecule has 0 aliphatic carbocycles. The zero-order chi connectivity index (χ0) is 20.9. The normalized spacial score (nSPS) is 11.3. The molecule has 0 saturated heterocycles. The molecule has 0 fully saturated rings. The van der Waals surface area contributed by atoms with E-state index in [1.165, 1.54) is 17.4 Å². The van der Waals surface area contributed by atoms with Gasteiger partial charge in [-0.05, 0) is 36.4 Å². The fourth-order valence-electron chi connectivity index (χ4n) is 2.32. The van der Waals surface area contributed by atoms with Gasteiger partial charge in [-0.25, -0.2) is 9.78 Å². The first kappa shape index (κ1) is 21.1. The van der Waals surface area contributed by atoms with Crippen LogP contribution in [-0.2, 0) is 16.7 Å². The lowest BCUT2D eigenvalue weighted by Gasteiger charge is -2.09. The Hall–Kier alpha value is -2.65. The van der Waals surface area contributed by atoms with Crippen molar-refractivity contribution in [2.75, 3.05) is 6.61 Å².